The van der Waals surface area contributed by atoms with Crippen LogP contribution in [0.2, 0.25) is 0 Å². The predicted octanol–water partition coefficient (Wildman–Crippen LogP) is 1.67. The van der Waals surface area contributed by atoms with Gasteiger partial charge in [0.1, 0.15) is 11.5 Å². The summed E-state index contributed by atoms with van der Waals surface area (Å²) < 4.78 is 5.41. The smallest absolute Gasteiger partial charge is 0.239 e. The van der Waals surface area contributed by atoms with E-state index in [-0.39, 0.29) is 5.91 Å². The molecule has 0 saturated heterocycles. The molecule has 1 rings (SSSR count). The lowest BCUT2D eigenvalue weighted by molar-refractivity contribution is -0.132. The van der Waals surface area contributed by atoms with Gasteiger partial charge < -0.3 is 15.1 Å². The van der Waals surface area contributed by atoms with Crippen LogP contribution in [0, 0.1) is 6.92 Å². The fourth-order valence-electron chi connectivity index (χ4n) is 1.60. The van der Waals surface area contributed by atoms with E-state index in [1.807, 2.05) is 26.0 Å². The molecule has 0 radical (unpaired) electrons. The fourth-order valence-corrected chi connectivity index (χ4v) is 1.60. The molecule has 4 nitrogen and oxygen atoms in total. The Balaban J connectivity index is 2.51. The average Bonchev–Trinajstić information content (AvgIpc) is 2.63. The van der Waals surface area contributed by atoms with E-state index in [0.717, 1.165) is 24.4 Å². The minimum absolute atomic E-state index is 0.0316. The highest BCUT2D eigenvalue weighted by atomic mass is 16.3. The van der Waals surface area contributed by atoms with Gasteiger partial charge in [-0.3, -0.25) is 4.79 Å². The highest BCUT2D eigenvalue weighted by Crippen LogP contribution is 2.09. The molecule has 90 valence electrons. The molecule has 4 heteroatoms. The van der Waals surface area contributed by atoms with Crippen molar-refractivity contribution in [2.24, 2.45) is 5.73 Å². The lowest BCUT2D eigenvalue weighted by Crippen LogP contribution is -2.41. The first-order valence-electron chi connectivity index (χ1n) is 5.60. The van der Waals surface area contributed by atoms with E-state index in [9.17, 15) is 4.79 Å². The number of aryl methyl sites for hydroxylation is 1. The first-order valence-corrected chi connectivity index (χ1v) is 5.60. The summed E-state index contributed by atoms with van der Waals surface area (Å²) in [4.78, 5) is 13.4. The van der Waals surface area contributed by atoms with Crippen LogP contribution in [-0.2, 0) is 11.3 Å². The SMILES string of the molecule is CCC[C@H](N)C(=O)N(C)Cc1ccc(C)o1. The van der Waals surface area contributed by atoms with Crippen LogP contribution in [0.1, 0.15) is 31.3 Å². The second-order valence-corrected chi connectivity index (χ2v) is 4.10. The monoisotopic (exact) mass is 224 g/mol. The number of nitrogens with zero attached hydrogens (tertiary/aromatic N) is 1. The van der Waals surface area contributed by atoms with E-state index in [1.165, 1.54) is 0 Å². The van der Waals surface area contributed by atoms with Gasteiger partial charge in [-0.1, -0.05) is 13.3 Å². The summed E-state index contributed by atoms with van der Waals surface area (Å²) in [5.41, 5.74) is 5.77. The number of furan rings is 1. The zero-order valence-electron chi connectivity index (χ0n) is 10.2. The van der Waals surface area contributed by atoms with Crippen molar-refractivity contribution in [1.82, 2.24) is 4.90 Å². The van der Waals surface area contributed by atoms with Crippen molar-refractivity contribution in [1.29, 1.82) is 0 Å². The van der Waals surface area contributed by atoms with E-state index < -0.39 is 6.04 Å². The van der Waals surface area contributed by atoms with Crippen molar-refractivity contribution < 1.29 is 9.21 Å². The predicted molar refractivity (Wildman–Crippen MR) is 62.8 cm³/mol. The molecule has 1 aromatic rings. The zero-order chi connectivity index (χ0) is 12.1. The minimum Gasteiger partial charge on any atom is -0.464 e. The van der Waals surface area contributed by atoms with E-state index >= 15 is 0 Å². The molecule has 1 atom stereocenters. The summed E-state index contributed by atoms with van der Waals surface area (Å²) >= 11 is 0. The van der Waals surface area contributed by atoms with E-state index in [1.54, 1.807) is 11.9 Å². The largest absolute Gasteiger partial charge is 0.464 e. The third-order valence-corrected chi connectivity index (χ3v) is 2.48. The molecule has 0 bridgehead atoms. The van der Waals surface area contributed by atoms with E-state index in [4.69, 9.17) is 10.2 Å². The molecular formula is C12H20N2O2. The normalized spacial score (nSPS) is 12.5. The van der Waals surface area contributed by atoms with Crippen molar-refractivity contribution in [3.63, 3.8) is 0 Å². The van der Waals surface area contributed by atoms with Gasteiger partial charge in [-0.05, 0) is 25.5 Å². The van der Waals surface area contributed by atoms with E-state index in [2.05, 4.69) is 0 Å². The summed E-state index contributed by atoms with van der Waals surface area (Å²) in [7, 11) is 1.75. The molecule has 0 saturated carbocycles. The van der Waals surface area contributed by atoms with Gasteiger partial charge >= 0.3 is 0 Å². The molecule has 0 fully saturated rings. The Kier molecular flexibility index (Phi) is 4.55. The molecule has 0 unspecified atom stereocenters. The summed E-state index contributed by atoms with van der Waals surface area (Å²) in [6, 6.07) is 3.37. The van der Waals surface area contributed by atoms with Crippen LogP contribution in [0.3, 0.4) is 0 Å². The van der Waals surface area contributed by atoms with Crippen LogP contribution >= 0.6 is 0 Å². The standard InChI is InChI=1S/C12H20N2O2/c1-4-5-11(13)12(15)14(3)8-10-7-6-9(2)16-10/h6-7,11H,4-5,8,13H2,1-3H3/t11-/m0/s1. The van der Waals surface area contributed by atoms with Crippen molar-refractivity contribution >= 4 is 5.91 Å². The average molecular weight is 224 g/mol. The highest BCUT2D eigenvalue weighted by molar-refractivity contribution is 5.81. The van der Waals surface area contributed by atoms with E-state index in [0.29, 0.717) is 6.54 Å². The third kappa shape index (κ3) is 3.38. The van der Waals surface area contributed by atoms with Crippen LogP contribution < -0.4 is 5.73 Å². The molecule has 1 heterocycles. The summed E-state index contributed by atoms with van der Waals surface area (Å²) in [5.74, 6) is 1.61. The number of hydrogen-bond acceptors (Lipinski definition) is 3. The first-order chi connectivity index (χ1) is 7.54. The quantitative estimate of drug-likeness (QED) is 0.827. The van der Waals surface area contributed by atoms with Gasteiger partial charge in [-0.2, -0.15) is 0 Å². The molecule has 0 aliphatic heterocycles. The molecule has 0 spiro atoms. The second kappa shape index (κ2) is 5.70. The van der Waals surface area contributed by atoms with Crippen LogP contribution in [0.15, 0.2) is 16.5 Å². The molecule has 0 aliphatic rings. The van der Waals surface area contributed by atoms with Gasteiger partial charge in [0, 0.05) is 7.05 Å². The number of likely N-dealkylation sites (N-methyl/N-ethyl adjacent to an activating group) is 1. The second-order valence-electron chi connectivity index (χ2n) is 4.10. The fraction of sp³-hybridized carbons (Fsp3) is 0.583. The van der Waals surface area contributed by atoms with Crippen LogP contribution in [0.4, 0.5) is 0 Å². The number of carbonyl (C=O) groups is 1. The summed E-state index contributed by atoms with van der Waals surface area (Å²) in [5, 5.41) is 0. The van der Waals surface area contributed by atoms with Gasteiger partial charge in [-0.15, -0.1) is 0 Å². The Bertz CT molecular complexity index is 347. The minimum atomic E-state index is -0.397. The maximum absolute atomic E-state index is 11.8. The van der Waals surface area contributed by atoms with Crippen molar-refractivity contribution in [3.8, 4) is 0 Å². The molecule has 2 N–H and O–H groups in total. The van der Waals surface area contributed by atoms with Gasteiger partial charge in [0.25, 0.3) is 0 Å². The zero-order valence-corrected chi connectivity index (χ0v) is 10.2. The molecule has 0 aromatic carbocycles. The summed E-state index contributed by atoms with van der Waals surface area (Å²) in [6.45, 7) is 4.38. The van der Waals surface area contributed by atoms with Gasteiger partial charge in [-0.25, -0.2) is 0 Å². The van der Waals surface area contributed by atoms with Gasteiger partial charge in [0.05, 0.1) is 12.6 Å². The Morgan fingerprint density at radius 1 is 1.56 bits per heavy atom. The van der Waals surface area contributed by atoms with Crippen molar-refractivity contribution in [2.75, 3.05) is 7.05 Å². The Morgan fingerprint density at radius 2 is 2.25 bits per heavy atom. The summed E-state index contributed by atoms with van der Waals surface area (Å²) in [6.07, 6.45) is 1.64. The maximum atomic E-state index is 11.8. The number of nitrogens with two attached hydrogens (primary N) is 1. The van der Waals surface area contributed by atoms with Crippen molar-refractivity contribution in [3.05, 3.63) is 23.7 Å². The van der Waals surface area contributed by atoms with Crippen LogP contribution in [0.25, 0.3) is 0 Å². The molecule has 1 amide bonds. The lowest BCUT2D eigenvalue weighted by atomic mass is 10.1. The number of carbonyl (C=O) groups excluding carboxylic acids is 1. The Hall–Kier alpha value is -1.29. The van der Waals surface area contributed by atoms with Crippen LogP contribution in [0.5, 0.6) is 0 Å². The number of rotatable bonds is 5. The van der Waals surface area contributed by atoms with Gasteiger partial charge in [0.15, 0.2) is 0 Å². The topological polar surface area (TPSA) is 59.5 Å². The highest BCUT2D eigenvalue weighted by Gasteiger charge is 2.17. The number of hydrogen-bond donors (Lipinski definition) is 1. The van der Waals surface area contributed by atoms with Crippen LogP contribution in [-0.4, -0.2) is 23.9 Å². The van der Waals surface area contributed by atoms with Crippen molar-refractivity contribution in [2.45, 2.75) is 39.3 Å². The first kappa shape index (κ1) is 12.8. The molecular weight excluding hydrogens is 204 g/mol. The molecule has 0 aliphatic carbocycles. The lowest BCUT2D eigenvalue weighted by Gasteiger charge is -2.19. The number of amides is 1. The third-order valence-electron chi connectivity index (χ3n) is 2.48. The molecule has 1 aromatic heterocycles. The Morgan fingerprint density at radius 3 is 2.75 bits per heavy atom. The molecule has 16 heavy (non-hydrogen) atoms. The Labute approximate surface area is 96.4 Å². The maximum Gasteiger partial charge on any atom is 0.239 e. The van der Waals surface area contributed by atoms with Gasteiger partial charge in [0.2, 0.25) is 5.91 Å².